The molecule has 2 saturated carbocycles. The molecule has 1 amide bonds. The lowest BCUT2D eigenvalue weighted by molar-refractivity contribution is -0.147. The van der Waals surface area contributed by atoms with E-state index < -0.39 is 52.0 Å². The van der Waals surface area contributed by atoms with Gasteiger partial charge in [0.05, 0.1) is 5.56 Å². The lowest BCUT2D eigenvalue weighted by Gasteiger charge is -2.46. The number of nitrogens with two attached hydrogens (primary N) is 1. The van der Waals surface area contributed by atoms with Crippen LogP contribution in [0.4, 0.5) is 5.69 Å². The van der Waals surface area contributed by atoms with E-state index in [0.717, 1.165) is 29.5 Å². The molecule has 6 rings (SSSR count). The highest BCUT2D eigenvalue weighted by Gasteiger charge is 2.60. The van der Waals surface area contributed by atoms with Gasteiger partial charge in [-0.25, -0.2) is 0 Å². The van der Waals surface area contributed by atoms with E-state index in [-0.39, 0.29) is 41.7 Å². The second-order valence-corrected chi connectivity index (χ2v) is 12.1. The Morgan fingerprint density at radius 2 is 1.82 bits per heavy atom. The maximum absolute atomic E-state index is 13.8. The molecule has 0 bridgehead atoms. The second-order valence-electron chi connectivity index (χ2n) is 12.1. The molecular formula is C30H33N3O7. The van der Waals surface area contributed by atoms with Gasteiger partial charge in [-0.3, -0.25) is 14.4 Å². The van der Waals surface area contributed by atoms with Crippen molar-refractivity contribution in [1.82, 2.24) is 5.32 Å². The standard InChI is InChI=1S/C30H33N3O7/c1-29(6-7-29)32-12-13-4-5-16-17(8-13)24(35)21-18(23(16)33(2)3)10-14-9-15-11-19(34)22(28(31)39)27(38)30(15,40)26(37)20(14)25(21)36/h4-5,8,14-15,32,35-36,38,40H,6-7,9-12H2,1-3H3,(H2,31,39)/t14?,15-,30-/m0/s1. The first-order valence-electron chi connectivity index (χ1n) is 13.5. The molecule has 0 aliphatic heterocycles. The van der Waals surface area contributed by atoms with Gasteiger partial charge in [0.2, 0.25) is 5.78 Å². The van der Waals surface area contributed by atoms with Gasteiger partial charge in [0.1, 0.15) is 22.8 Å². The summed E-state index contributed by atoms with van der Waals surface area (Å²) in [6, 6.07) is 5.83. The van der Waals surface area contributed by atoms with Crippen LogP contribution in [0.25, 0.3) is 16.5 Å². The number of nitrogens with one attached hydrogen (secondary N) is 1. The van der Waals surface area contributed by atoms with E-state index in [1.807, 2.05) is 37.2 Å². The van der Waals surface area contributed by atoms with Gasteiger partial charge in [-0.1, -0.05) is 12.1 Å². The molecule has 210 valence electrons. The predicted molar refractivity (Wildman–Crippen MR) is 148 cm³/mol. The third kappa shape index (κ3) is 3.59. The molecule has 4 aliphatic rings. The van der Waals surface area contributed by atoms with Crippen molar-refractivity contribution >= 4 is 39.7 Å². The van der Waals surface area contributed by atoms with Gasteiger partial charge in [-0.15, -0.1) is 0 Å². The fraction of sp³-hybridized carbons (Fsp3) is 0.433. The molecule has 7 N–H and O–H groups in total. The summed E-state index contributed by atoms with van der Waals surface area (Å²) >= 11 is 0. The Labute approximate surface area is 230 Å². The molecule has 0 aromatic heterocycles. The highest BCUT2D eigenvalue weighted by atomic mass is 16.3. The molecule has 0 spiro atoms. The monoisotopic (exact) mass is 547 g/mol. The number of rotatable bonds is 5. The highest BCUT2D eigenvalue weighted by Crippen LogP contribution is 2.54. The minimum absolute atomic E-state index is 0.0952. The van der Waals surface area contributed by atoms with Crippen LogP contribution in [0.3, 0.4) is 0 Å². The number of fused-ring (bicyclic) bond motifs is 4. The Morgan fingerprint density at radius 3 is 2.45 bits per heavy atom. The van der Waals surface area contributed by atoms with Crippen LogP contribution in [-0.4, -0.2) is 63.1 Å². The number of phenolic OH excluding ortho intramolecular Hbond substituents is 1. The number of hydrogen-bond acceptors (Lipinski definition) is 9. The highest BCUT2D eigenvalue weighted by molar-refractivity contribution is 6.23. The number of phenols is 1. The first kappa shape index (κ1) is 26.3. The number of aliphatic hydroxyl groups is 3. The van der Waals surface area contributed by atoms with Crippen molar-refractivity contribution in [3.63, 3.8) is 0 Å². The fourth-order valence-electron chi connectivity index (χ4n) is 6.82. The van der Waals surface area contributed by atoms with Gasteiger partial charge in [-0.2, -0.15) is 0 Å². The van der Waals surface area contributed by atoms with Crippen LogP contribution < -0.4 is 16.0 Å². The number of amides is 1. The van der Waals surface area contributed by atoms with E-state index in [1.54, 1.807) is 0 Å². The summed E-state index contributed by atoms with van der Waals surface area (Å²) in [5, 5.41) is 50.2. The molecule has 1 unspecified atom stereocenters. The van der Waals surface area contributed by atoms with Crippen LogP contribution in [0.2, 0.25) is 0 Å². The summed E-state index contributed by atoms with van der Waals surface area (Å²) < 4.78 is 0. The van der Waals surface area contributed by atoms with Crippen molar-refractivity contribution in [2.24, 2.45) is 17.6 Å². The average Bonchev–Trinajstić information content (AvgIpc) is 3.62. The van der Waals surface area contributed by atoms with Gasteiger partial charge in [-0.05, 0) is 55.7 Å². The number of carbonyl (C=O) groups excluding carboxylic acids is 3. The molecule has 2 aromatic rings. The van der Waals surface area contributed by atoms with Crippen molar-refractivity contribution < 1.29 is 34.8 Å². The van der Waals surface area contributed by atoms with E-state index in [0.29, 0.717) is 17.5 Å². The zero-order valence-corrected chi connectivity index (χ0v) is 22.7. The molecule has 0 radical (unpaired) electrons. The number of anilines is 1. The van der Waals surface area contributed by atoms with E-state index in [1.165, 1.54) is 0 Å². The van der Waals surface area contributed by atoms with Crippen molar-refractivity contribution in [2.45, 2.75) is 56.7 Å². The molecule has 0 heterocycles. The predicted octanol–water partition coefficient (Wildman–Crippen LogP) is 2.29. The van der Waals surface area contributed by atoms with E-state index >= 15 is 0 Å². The third-order valence-corrected chi connectivity index (χ3v) is 9.24. The van der Waals surface area contributed by atoms with Crippen LogP contribution in [0.5, 0.6) is 5.75 Å². The van der Waals surface area contributed by atoms with E-state index in [9.17, 15) is 34.8 Å². The summed E-state index contributed by atoms with van der Waals surface area (Å²) in [5.74, 6) is -6.30. The molecule has 0 saturated heterocycles. The van der Waals surface area contributed by atoms with Crippen LogP contribution in [0.15, 0.2) is 35.1 Å². The zero-order chi connectivity index (χ0) is 28.9. The van der Waals surface area contributed by atoms with Gasteiger partial charge in [0.15, 0.2) is 11.4 Å². The Bertz CT molecular complexity index is 1600. The number of ketones is 2. The fourth-order valence-corrected chi connectivity index (χ4v) is 6.82. The molecule has 10 heteroatoms. The van der Waals surface area contributed by atoms with E-state index in [2.05, 4.69) is 12.2 Å². The Kier molecular flexibility index (Phi) is 5.63. The minimum atomic E-state index is -2.58. The number of aromatic hydroxyl groups is 1. The smallest absolute Gasteiger partial charge is 0.255 e. The van der Waals surface area contributed by atoms with Crippen LogP contribution in [-0.2, 0) is 27.3 Å². The van der Waals surface area contributed by atoms with Crippen LogP contribution in [0.1, 0.15) is 49.3 Å². The summed E-state index contributed by atoms with van der Waals surface area (Å²) in [6.07, 6.45) is 2.22. The Morgan fingerprint density at radius 1 is 1.12 bits per heavy atom. The van der Waals surface area contributed by atoms with Gasteiger partial charge >= 0.3 is 0 Å². The third-order valence-electron chi connectivity index (χ3n) is 9.24. The SMILES string of the molecule is CN(C)c1c2c(c(O)c3cc(CNC4(C)CC4)ccc13)C(O)=C1C(=O)[C@]3(O)C(O)=C(C(N)=O)C(=O)C[C@@H]3CC1C2. The summed E-state index contributed by atoms with van der Waals surface area (Å²) in [5.41, 5.74) is 4.36. The zero-order valence-electron chi connectivity index (χ0n) is 22.7. The topological polar surface area (TPSA) is 173 Å². The van der Waals surface area contributed by atoms with E-state index in [4.69, 9.17) is 5.73 Å². The molecule has 10 nitrogen and oxygen atoms in total. The molecule has 2 aromatic carbocycles. The number of nitrogens with zero attached hydrogens (tertiary/aromatic N) is 1. The lowest BCUT2D eigenvalue weighted by atomic mass is 9.59. The van der Waals surface area contributed by atoms with Crippen LogP contribution in [0, 0.1) is 11.8 Å². The van der Waals surface area contributed by atoms with Crippen molar-refractivity contribution in [3.05, 3.63) is 51.8 Å². The number of Topliss-reactive ketones (excluding diaryl/α,β-unsaturated/α-hetero) is 2. The quantitative estimate of drug-likeness (QED) is 0.307. The number of benzene rings is 2. The maximum atomic E-state index is 13.8. The van der Waals surface area contributed by atoms with Crippen molar-refractivity contribution in [1.29, 1.82) is 0 Å². The molecule has 3 atom stereocenters. The van der Waals surface area contributed by atoms with Crippen LogP contribution >= 0.6 is 0 Å². The van der Waals surface area contributed by atoms with Crippen molar-refractivity contribution in [3.8, 4) is 5.75 Å². The first-order valence-corrected chi connectivity index (χ1v) is 13.5. The normalized spacial score (nSPS) is 26.9. The lowest BCUT2D eigenvalue weighted by Crippen LogP contribution is -2.58. The molecule has 40 heavy (non-hydrogen) atoms. The van der Waals surface area contributed by atoms with Gasteiger partial charge in [0.25, 0.3) is 5.91 Å². The maximum Gasteiger partial charge on any atom is 0.255 e. The number of aliphatic hydroxyl groups excluding tert-OH is 2. The first-order chi connectivity index (χ1) is 18.8. The summed E-state index contributed by atoms with van der Waals surface area (Å²) in [4.78, 5) is 40.2. The van der Waals surface area contributed by atoms with Gasteiger partial charge < -0.3 is 36.4 Å². The molecule has 2 fully saturated rings. The Balaban J connectivity index is 1.53. The minimum Gasteiger partial charge on any atom is -0.508 e. The largest absolute Gasteiger partial charge is 0.508 e. The number of hydrogen-bond donors (Lipinski definition) is 6. The summed E-state index contributed by atoms with van der Waals surface area (Å²) in [7, 11) is 3.73. The molecular weight excluding hydrogens is 514 g/mol. The van der Waals surface area contributed by atoms with Gasteiger partial charge in [0, 0.05) is 60.6 Å². The number of primary amides is 1. The van der Waals surface area contributed by atoms with Crippen molar-refractivity contribution in [2.75, 3.05) is 19.0 Å². The second kappa shape index (κ2) is 8.55. The summed E-state index contributed by atoms with van der Waals surface area (Å²) in [6.45, 7) is 2.77. The Hall–Kier alpha value is -3.89. The number of carbonyl (C=O) groups is 3. The molecule has 4 aliphatic carbocycles. The average molecular weight is 548 g/mol.